The number of para-hydroxylation sites is 2. The maximum atomic E-state index is 12.8. The Labute approximate surface area is 181 Å². The molecule has 2 aromatic heterocycles. The number of sulfonamides is 1. The van der Waals surface area contributed by atoms with Gasteiger partial charge in [0.15, 0.2) is 10.6 Å². The Balaban J connectivity index is 1.62. The van der Waals surface area contributed by atoms with Gasteiger partial charge in [0.05, 0.1) is 16.3 Å². The SMILES string of the molecule is O=C(Nc1ccnc(S(=O)(=O)Nc2ccccc2Cl)c1)c1cccc2ccc(=O)oc12. The molecular weight excluding hydrogens is 442 g/mol. The molecule has 0 aliphatic heterocycles. The standard InChI is InChI=1S/C21H14ClN3O5S/c22-16-6-1-2-7-17(16)25-31(28,29)18-12-14(10-11-23-18)24-21(27)15-5-3-4-13-8-9-19(26)30-20(13)15/h1-12,25H,(H,23,24,27). The van der Waals surface area contributed by atoms with Crippen LogP contribution < -0.4 is 15.7 Å². The van der Waals surface area contributed by atoms with Crippen molar-refractivity contribution in [3.8, 4) is 0 Å². The third-order valence-electron chi connectivity index (χ3n) is 4.28. The minimum atomic E-state index is -4.06. The van der Waals surface area contributed by atoms with Crippen LogP contribution in [0.1, 0.15) is 10.4 Å². The molecule has 0 atom stereocenters. The zero-order valence-electron chi connectivity index (χ0n) is 15.7. The smallest absolute Gasteiger partial charge is 0.336 e. The van der Waals surface area contributed by atoms with E-state index in [0.717, 1.165) is 0 Å². The molecule has 1 amide bonds. The summed E-state index contributed by atoms with van der Waals surface area (Å²) in [5.74, 6) is -0.575. The predicted molar refractivity (Wildman–Crippen MR) is 117 cm³/mol. The van der Waals surface area contributed by atoms with Gasteiger partial charge in [-0.05, 0) is 30.3 Å². The summed E-state index contributed by atoms with van der Waals surface area (Å²) in [7, 11) is -4.06. The van der Waals surface area contributed by atoms with E-state index < -0.39 is 21.6 Å². The third kappa shape index (κ3) is 4.42. The Morgan fingerprint density at radius 3 is 2.61 bits per heavy atom. The fraction of sp³-hybridized carbons (Fsp3) is 0. The van der Waals surface area contributed by atoms with Crippen LogP contribution in [-0.4, -0.2) is 19.3 Å². The molecule has 31 heavy (non-hydrogen) atoms. The van der Waals surface area contributed by atoms with Gasteiger partial charge in [-0.1, -0.05) is 35.9 Å². The fourth-order valence-electron chi connectivity index (χ4n) is 2.84. The maximum absolute atomic E-state index is 12.8. The first kappa shape index (κ1) is 20.6. The Morgan fingerprint density at radius 1 is 1.00 bits per heavy atom. The highest BCUT2D eigenvalue weighted by atomic mass is 35.5. The lowest BCUT2D eigenvalue weighted by Crippen LogP contribution is -2.17. The van der Waals surface area contributed by atoms with Crippen LogP contribution >= 0.6 is 11.6 Å². The van der Waals surface area contributed by atoms with Gasteiger partial charge in [-0.3, -0.25) is 9.52 Å². The van der Waals surface area contributed by atoms with Crippen LogP contribution in [0.5, 0.6) is 0 Å². The Bertz CT molecular complexity index is 1470. The van der Waals surface area contributed by atoms with Crippen molar-refractivity contribution in [1.82, 2.24) is 4.98 Å². The summed E-state index contributed by atoms with van der Waals surface area (Å²) in [6.07, 6.45) is 1.25. The molecule has 0 fully saturated rings. The Kier molecular flexibility index (Phi) is 5.45. The van der Waals surface area contributed by atoms with E-state index in [0.29, 0.717) is 5.39 Å². The van der Waals surface area contributed by atoms with Crippen LogP contribution in [0.25, 0.3) is 11.0 Å². The molecule has 0 saturated carbocycles. The van der Waals surface area contributed by atoms with Crippen LogP contribution in [0.3, 0.4) is 0 Å². The van der Waals surface area contributed by atoms with Crippen molar-refractivity contribution in [1.29, 1.82) is 0 Å². The van der Waals surface area contributed by atoms with Gasteiger partial charge in [0.2, 0.25) is 0 Å². The molecular formula is C21H14ClN3O5S. The molecule has 4 aromatic rings. The van der Waals surface area contributed by atoms with Crippen molar-refractivity contribution in [2.45, 2.75) is 5.03 Å². The zero-order chi connectivity index (χ0) is 22.0. The van der Waals surface area contributed by atoms with Crippen molar-refractivity contribution in [3.05, 3.63) is 93.9 Å². The van der Waals surface area contributed by atoms with Gasteiger partial charge in [0, 0.05) is 29.4 Å². The van der Waals surface area contributed by atoms with E-state index >= 15 is 0 Å². The van der Waals surface area contributed by atoms with E-state index in [4.69, 9.17) is 16.0 Å². The zero-order valence-corrected chi connectivity index (χ0v) is 17.3. The summed E-state index contributed by atoms with van der Waals surface area (Å²) < 4.78 is 32.9. The molecule has 10 heteroatoms. The number of carbonyl (C=O) groups is 1. The lowest BCUT2D eigenvalue weighted by atomic mass is 10.1. The summed E-state index contributed by atoms with van der Waals surface area (Å²) in [6.45, 7) is 0. The number of fused-ring (bicyclic) bond motifs is 1. The number of carbonyl (C=O) groups excluding carboxylic acids is 1. The number of nitrogens with zero attached hydrogens (tertiary/aromatic N) is 1. The van der Waals surface area contributed by atoms with Crippen molar-refractivity contribution < 1.29 is 17.6 Å². The minimum Gasteiger partial charge on any atom is -0.422 e. The molecule has 0 bridgehead atoms. The summed E-state index contributed by atoms with van der Waals surface area (Å²) >= 11 is 6.01. The Morgan fingerprint density at radius 2 is 1.81 bits per heavy atom. The number of hydrogen-bond donors (Lipinski definition) is 2. The molecule has 4 rings (SSSR count). The van der Waals surface area contributed by atoms with Crippen molar-refractivity contribution in [2.75, 3.05) is 10.0 Å². The first-order chi connectivity index (χ1) is 14.8. The van der Waals surface area contributed by atoms with E-state index in [-0.39, 0.29) is 32.6 Å². The van der Waals surface area contributed by atoms with Gasteiger partial charge in [0.1, 0.15) is 0 Å². The Hall–Kier alpha value is -3.69. The average molecular weight is 456 g/mol. The lowest BCUT2D eigenvalue weighted by molar-refractivity contribution is 0.102. The minimum absolute atomic E-state index is 0.130. The molecule has 0 unspecified atom stereocenters. The molecule has 2 heterocycles. The van der Waals surface area contributed by atoms with Gasteiger partial charge in [-0.15, -0.1) is 0 Å². The molecule has 2 N–H and O–H groups in total. The van der Waals surface area contributed by atoms with E-state index in [1.165, 1.54) is 36.5 Å². The monoisotopic (exact) mass is 455 g/mol. The molecule has 156 valence electrons. The van der Waals surface area contributed by atoms with Crippen molar-refractivity contribution in [2.24, 2.45) is 0 Å². The average Bonchev–Trinajstić information content (AvgIpc) is 2.75. The second kappa shape index (κ2) is 8.21. The van der Waals surface area contributed by atoms with Gasteiger partial charge in [-0.2, -0.15) is 8.42 Å². The topological polar surface area (TPSA) is 118 Å². The van der Waals surface area contributed by atoms with E-state index in [1.807, 2.05) is 0 Å². The lowest BCUT2D eigenvalue weighted by Gasteiger charge is -2.11. The molecule has 2 aromatic carbocycles. The van der Waals surface area contributed by atoms with Crippen LogP contribution in [-0.2, 0) is 10.0 Å². The first-order valence-electron chi connectivity index (χ1n) is 8.91. The summed E-state index contributed by atoms with van der Waals surface area (Å²) in [4.78, 5) is 28.2. The highest BCUT2D eigenvalue weighted by Crippen LogP contribution is 2.24. The summed E-state index contributed by atoms with van der Waals surface area (Å²) in [6, 6.07) is 16.7. The molecule has 0 aliphatic carbocycles. The first-order valence-corrected chi connectivity index (χ1v) is 10.8. The van der Waals surface area contributed by atoms with Crippen LogP contribution in [0.4, 0.5) is 11.4 Å². The fourth-order valence-corrected chi connectivity index (χ4v) is 4.14. The number of aromatic nitrogens is 1. The molecule has 0 aliphatic rings. The highest BCUT2D eigenvalue weighted by Gasteiger charge is 2.19. The number of amides is 1. The second-order valence-electron chi connectivity index (χ2n) is 6.40. The number of hydrogen-bond acceptors (Lipinski definition) is 6. The highest BCUT2D eigenvalue weighted by molar-refractivity contribution is 7.92. The van der Waals surface area contributed by atoms with E-state index in [9.17, 15) is 18.0 Å². The van der Waals surface area contributed by atoms with Crippen molar-refractivity contribution in [3.63, 3.8) is 0 Å². The number of rotatable bonds is 5. The number of benzene rings is 2. The largest absolute Gasteiger partial charge is 0.422 e. The normalized spacial score (nSPS) is 11.3. The molecule has 0 saturated heterocycles. The quantitative estimate of drug-likeness (QED) is 0.440. The summed E-state index contributed by atoms with van der Waals surface area (Å²) in [5.41, 5.74) is 0.0668. The third-order valence-corrected chi connectivity index (χ3v) is 5.87. The molecule has 0 radical (unpaired) electrons. The number of pyridine rings is 1. The van der Waals surface area contributed by atoms with Crippen LogP contribution in [0, 0.1) is 0 Å². The predicted octanol–water partition coefficient (Wildman–Crippen LogP) is 3.89. The number of nitrogens with one attached hydrogen (secondary N) is 2. The van der Waals surface area contributed by atoms with Crippen molar-refractivity contribution >= 4 is 49.9 Å². The van der Waals surface area contributed by atoms with E-state index in [2.05, 4.69) is 15.0 Å². The van der Waals surface area contributed by atoms with Crippen LogP contribution in [0.15, 0.2) is 87.2 Å². The second-order valence-corrected chi connectivity index (χ2v) is 8.44. The van der Waals surface area contributed by atoms with Gasteiger partial charge in [0.25, 0.3) is 15.9 Å². The van der Waals surface area contributed by atoms with Gasteiger partial charge >= 0.3 is 5.63 Å². The molecule has 0 spiro atoms. The van der Waals surface area contributed by atoms with Gasteiger partial charge in [-0.25, -0.2) is 9.78 Å². The number of halogens is 1. The maximum Gasteiger partial charge on any atom is 0.336 e. The molecule has 8 nitrogen and oxygen atoms in total. The van der Waals surface area contributed by atoms with Gasteiger partial charge < -0.3 is 9.73 Å². The number of anilines is 2. The van der Waals surface area contributed by atoms with E-state index in [1.54, 1.807) is 36.4 Å². The van der Waals surface area contributed by atoms with Crippen LogP contribution in [0.2, 0.25) is 5.02 Å². The summed E-state index contributed by atoms with van der Waals surface area (Å²) in [5, 5.41) is 3.10.